The fourth-order valence-electron chi connectivity index (χ4n) is 5.25. The Kier molecular flexibility index (Phi) is 8.68. The maximum Gasteiger partial charge on any atom is 0.335 e. The third kappa shape index (κ3) is 5.11. The highest BCUT2D eigenvalue weighted by atomic mass is 28.5. The van der Waals surface area contributed by atoms with E-state index in [4.69, 9.17) is 22.4 Å². The zero-order chi connectivity index (χ0) is 27.0. The number of carbonyl (C=O) groups excluding carboxylic acids is 1. The molecule has 0 radical (unpaired) electrons. The van der Waals surface area contributed by atoms with Crippen molar-refractivity contribution in [2.75, 3.05) is 13.7 Å². The fraction of sp³-hybridized carbons (Fsp3) is 0.708. The quantitative estimate of drug-likeness (QED) is 0.331. The van der Waals surface area contributed by atoms with Crippen molar-refractivity contribution in [1.82, 2.24) is 9.55 Å². The molecule has 2 fully saturated rings. The molecule has 0 spiro atoms. The van der Waals surface area contributed by atoms with Crippen LogP contribution in [0.3, 0.4) is 0 Å². The molecule has 0 unspecified atom stereocenters. The Bertz CT molecular complexity index is 1080. The summed E-state index contributed by atoms with van der Waals surface area (Å²) < 4.78 is 33.5. The predicted molar refractivity (Wildman–Crippen MR) is 139 cm³/mol. The molecule has 12 heteroatoms. The van der Waals surface area contributed by atoms with Crippen molar-refractivity contribution < 1.29 is 27.2 Å². The number of aromatic nitrogens is 2. The number of aromatic amines is 1. The molecule has 202 valence electrons. The van der Waals surface area contributed by atoms with Gasteiger partial charge in [0, 0.05) is 23.9 Å². The van der Waals surface area contributed by atoms with Crippen LogP contribution in [-0.2, 0) is 27.2 Å². The molecule has 0 bridgehead atoms. The van der Waals surface area contributed by atoms with Crippen LogP contribution in [0.15, 0.2) is 33.5 Å². The Morgan fingerprint density at radius 1 is 1.06 bits per heavy atom. The lowest BCUT2D eigenvalue weighted by Crippen LogP contribution is -2.65. The first kappa shape index (κ1) is 28.7. The summed E-state index contributed by atoms with van der Waals surface area (Å²) in [5.74, 6) is -0.598. The highest BCUT2D eigenvalue weighted by molar-refractivity contribution is 6.84. The fourth-order valence-corrected chi connectivity index (χ4v) is 16.4. The molecular weight excluding hydrogens is 500 g/mol. The van der Waals surface area contributed by atoms with Gasteiger partial charge in [0.25, 0.3) is 5.56 Å². The molecule has 0 aromatic carbocycles. The molecule has 3 rings (SSSR count). The minimum Gasteiger partial charge on any atom is -0.466 e. The van der Waals surface area contributed by atoms with Crippen molar-refractivity contribution in [1.29, 1.82) is 0 Å². The van der Waals surface area contributed by atoms with E-state index in [1.165, 1.54) is 30.0 Å². The monoisotopic (exact) mass is 540 g/mol. The lowest BCUT2D eigenvalue weighted by Gasteiger charge is -2.51. The van der Waals surface area contributed by atoms with Gasteiger partial charge in [-0.15, -0.1) is 0 Å². The van der Waals surface area contributed by atoms with Crippen LogP contribution in [0.2, 0.25) is 22.2 Å². The van der Waals surface area contributed by atoms with E-state index >= 15 is 0 Å². The van der Waals surface area contributed by atoms with E-state index in [1.807, 2.05) is 0 Å². The van der Waals surface area contributed by atoms with E-state index in [-0.39, 0.29) is 28.8 Å². The number of nitrogens with zero attached hydrogens (tertiary/aromatic N) is 1. The molecule has 3 atom stereocenters. The number of H-pyrrole nitrogens is 1. The SMILES string of the molecule is COC(=O)/C=C1\[C@H](n2ccc(=O)[nH]c2=O)O[C@@H]2CO[Si](C(C)C)(C(C)C)O[Si](C(C)C)(C(C)C)O[C@@H]12. The van der Waals surface area contributed by atoms with Crippen molar-refractivity contribution in [2.45, 2.75) is 96.0 Å². The van der Waals surface area contributed by atoms with Gasteiger partial charge in [-0.1, -0.05) is 55.4 Å². The van der Waals surface area contributed by atoms with Crippen molar-refractivity contribution >= 4 is 23.1 Å². The summed E-state index contributed by atoms with van der Waals surface area (Å²) in [6.07, 6.45) is 0.386. The van der Waals surface area contributed by atoms with Gasteiger partial charge in [0.05, 0.1) is 13.7 Å². The first-order chi connectivity index (χ1) is 16.8. The highest BCUT2D eigenvalue weighted by Gasteiger charge is 2.61. The van der Waals surface area contributed by atoms with Gasteiger partial charge in [-0.2, -0.15) is 0 Å². The Labute approximate surface area is 214 Å². The Balaban J connectivity index is 2.22. The molecular formula is C24H40N2O8Si2. The summed E-state index contributed by atoms with van der Waals surface area (Å²) in [5, 5.41) is 0. The van der Waals surface area contributed by atoms with Gasteiger partial charge in [-0.3, -0.25) is 14.3 Å². The second-order valence-electron chi connectivity index (χ2n) is 10.7. The number of nitrogens with one attached hydrogen (secondary N) is 1. The van der Waals surface area contributed by atoms with Crippen molar-refractivity contribution in [3.05, 3.63) is 44.8 Å². The maximum absolute atomic E-state index is 12.7. The second-order valence-corrected chi connectivity index (χ2v) is 19.6. The normalized spacial score (nSPS) is 26.9. The van der Waals surface area contributed by atoms with Gasteiger partial charge in [0.2, 0.25) is 0 Å². The summed E-state index contributed by atoms with van der Waals surface area (Å²) in [7, 11) is -4.51. The molecule has 10 nitrogen and oxygen atoms in total. The summed E-state index contributed by atoms with van der Waals surface area (Å²) in [6.45, 7) is 17.1. The lowest BCUT2D eigenvalue weighted by molar-refractivity contribution is -0.135. The third-order valence-electron chi connectivity index (χ3n) is 7.17. The molecule has 0 amide bonds. The van der Waals surface area contributed by atoms with Gasteiger partial charge in [0.15, 0.2) is 6.23 Å². The number of carbonyl (C=O) groups is 1. The van der Waals surface area contributed by atoms with E-state index < -0.39 is 52.8 Å². The summed E-state index contributed by atoms with van der Waals surface area (Å²) >= 11 is 0. The van der Waals surface area contributed by atoms with E-state index in [0.717, 1.165) is 0 Å². The standard InChI is InChI=1S/C24H40N2O8Si2/c1-14(2)35(15(3)4)31-13-19-22(33-36(34-35,16(5)6)17(7)8)18(12-21(28)30-9)23(32-19)26-11-10-20(27)25-24(26)29/h10-12,14-17,19,22-23H,13H2,1-9H3,(H,25,27,29)/b18-12-/t19-,22+,23-/m1/s1. The first-order valence-corrected chi connectivity index (χ1v) is 16.5. The number of hydrogen-bond acceptors (Lipinski definition) is 8. The predicted octanol–water partition coefficient (Wildman–Crippen LogP) is 3.49. The van der Waals surface area contributed by atoms with Crippen molar-refractivity contribution in [3.8, 4) is 0 Å². The van der Waals surface area contributed by atoms with Gasteiger partial charge in [-0.05, 0) is 22.2 Å². The van der Waals surface area contributed by atoms with Crippen LogP contribution >= 0.6 is 0 Å². The molecule has 3 heterocycles. The van der Waals surface area contributed by atoms with Crippen LogP contribution in [-0.4, -0.2) is 58.6 Å². The number of esters is 1. The lowest BCUT2D eigenvalue weighted by atomic mass is 10.1. The molecule has 36 heavy (non-hydrogen) atoms. The first-order valence-electron chi connectivity index (χ1n) is 12.6. The number of fused-ring (bicyclic) bond motifs is 1. The molecule has 2 saturated heterocycles. The number of methoxy groups -OCH3 is 1. The summed E-state index contributed by atoms with van der Waals surface area (Å²) in [5.41, 5.74) is -0.301. The number of rotatable bonds is 6. The minimum absolute atomic E-state index is 0.0680. The topological polar surface area (TPSA) is 118 Å². The van der Waals surface area contributed by atoms with Crippen molar-refractivity contribution in [3.63, 3.8) is 0 Å². The van der Waals surface area contributed by atoms with Gasteiger partial charge >= 0.3 is 28.8 Å². The summed E-state index contributed by atoms with van der Waals surface area (Å²) in [4.78, 5) is 39.1. The molecule has 1 aromatic rings. The molecule has 2 aliphatic heterocycles. The highest BCUT2D eigenvalue weighted by Crippen LogP contribution is 2.49. The molecule has 0 saturated carbocycles. The molecule has 1 N–H and O–H groups in total. The zero-order valence-electron chi connectivity index (χ0n) is 22.7. The third-order valence-corrected chi connectivity index (χ3v) is 17.4. The van der Waals surface area contributed by atoms with Crippen molar-refractivity contribution in [2.24, 2.45) is 0 Å². The number of ether oxygens (including phenoxy) is 2. The van der Waals surface area contributed by atoms with Crippen LogP contribution < -0.4 is 11.2 Å². The average molecular weight is 541 g/mol. The minimum atomic E-state index is -3.00. The zero-order valence-corrected chi connectivity index (χ0v) is 24.7. The largest absolute Gasteiger partial charge is 0.466 e. The average Bonchev–Trinajstić information content (AvgIpc) is 3.08. The maximum atomic E-state index is 12.7. The molecule has 2 aliphatic rings. The van der Waals surface area contributed by atoms with Crippen LogP contribution in [0, 0.1) is 0 Å². The van der Waals surface area contributed by atoms with Gasteiger partial charge < -0.3 is 22.4 Å². The second kappa shape index (κ2) is 10.9. The van der Waals surface area contributed by atoms with E-state index in [1.54, 1.807) is 0 Å². The molecule has 1 aromatic heterocycles. The van der Waals surface area contributed by atoms with Gasteiger partial charge in [-0.25, -0.2) is 9.59 Å². The van der Waals surface area contributed by atoms with E-state index in [9.17, 15) is 14.4 Å². The Morgan fingerprint density at radius 2 is 1.64 bits per heavy atom. The smallest absolute Gasteiger partial charge is 0.335 e. The Hall–Kier alpha value is -1.84. The van der Waals surface area contributed by atoms with Crippen LogP contribution in [0.25, 0.3) is 0 Å². The van der Waals surface area contributed by atoms with Crippen LogP contribution in [0.5, 0.6) is 0 Å². The van der Waals surface area contributed by atoms with Crippen LogP contribution in [0.4, 0.5) is 0 Å². The van der Waals surface area contributed by atoms with E-state index in [2.05, 4.69) is 60.4 Å². The van der Waals surface area contributed by atoms with Crippen LogP contribution in [0.1, 0.15) is 61.6 Å². The van der Waals surface area contributed by atoms with E-state index in [0.29, 0.717) is 5.57 Å². The molecule has 0 aliphatic carbocycles. The number of hydrogen-bond donors (Lipinski definition) is 1. The summed E-state index contributed by atoms with van der Waals surface area (Å²) in [6, 6.07) is 1.23. The van der Waals surface area contributed by atoms with Gasteiger partial charge in [0.1, 0.15) is 12.2 Å². The Morgan fingerprint density at radius 3 is 2.14 bits per heavy atom.